The van der Waals surface area contributed by atoms with Crippen molar-refractivity contribution in [1.82, 2.24) is 15.1 Å². The van der Waals surface area contributed by atoms with E-state index >= 15 is 0 Å². The third kappa shape index (κ3) is 7.81. The van der Waals surface area contributed by atoms with Crippen LogP contribution in [0, 0.1) is 22.6 Å². The smallest absolute Gasteiger partial charge is 0.237 e. The van der Waals surface area contributed by atoms with Crippen molar-refractivity contribution >= 4 is 46.6 Å². The lowest BCUT2D eigenvalue weighted by molar-refractivity contribution is -0.132. The molecule has 0 saturated carbocycles. The number of benzene rings is 3. The van der Waals surface area contributed by atoms with Crippen LogP contribution >= 0.6 is 0 Å². The Kier molecular flexibility index (Phi) is 10.6. The van der Waals surface area contributed by atoms with Gasteiger partial charge in [0.05, 0.1) is 24.5 Å². The van der Waals surface area contributed by atoms with E-state index in [0.29, 0.717) is 61.6 Å². The SMILES string of the molecule is CCN(C(=O)[C@@H]1CCN(CC(=O)N2CC=C(c3ccc(C(=N)/N=C\NC)cc3)CC2)C1)c1ccc(N)c(C(=N)c2ccc(F)cc2)c1. The number of aliphatic imine (C=N–C) groups is 1. The lowest BCUT2D eigenvalue weighted by atomic mass is 9.98. The molecule has 11 heteroatoms. The molecule has 1 fully saturated rings. The topological polar surface area (TPSA) is 142 Å². The molecule has 1 saturated heterocycles. The minimum Gasteiger partial charge on any atom is -0.398 e. The highest BCUT2D eigenvalue weighted by molar-refractivity contribution is 6.14. The van der Waals surface area contributed by atoms with Crippen LogP contribution in [0.3, 0.4) is 0 Å². The third-order valence-corrected chi connectivity index (χ3v) is 8.73. The zero-order valence-electron chi connectivity index (χ0n) is 26.8. The second-order valence-corrected chi connectivity index (χ2v) is 11.7. The Morgan fingerprint density at radius 1 is 1.06 bits per heavy atom. The summed E-state index contributed by atoms with van der Waals surface area (Å²) in [4.78, 5) is 36.6. The van der Waals surface area contributed by atoms with Gasteiger partial charge in [0.2, 0.25) is 11.8 Å². The summed E-state index contributed by atoms with van der Waals surface area (Å²) in [7, 11) is 1.74. The Morgan fingerprint density at radius 3 is 2.45 bits per heavy atom. The van der Waals surface area contributed by atoms with E-state index in [-0.39, 0.29) is 41.6 Å². The third-order valence-electron chi connectivity index (χ3n) is 8.73. The van der Waals surface area contributed by atoms with Gasteiger partial charge >= 0.3 is 0 Å². The van der Waals surface area contributed by atoms with Crippen molar-refractivity contribution in [2.45, 2.75) is 19.8 Å². The number of carbonyl (C=O) groups is 2. The Bertz CT molecular complexity index is 1700. The number of nitrogen functional groups attached to an aromatic ring is 1. The van der Waals surface area contributed by atoms with E-state index in [0.717, 1.165) is 17.5 Å². The molecule has 2 heterocycles. The number of carbonyl (C=O) groups excluding carboxylic acids is 2. The van der Waals surface area contributed by atoms with Crippen LogP contribution in [0.4, 0.5) is 15.8 Å². The van der Waals surface area contributed by atoms with Crippen LogP contribution in [0.1, 0.15) is 42.0 Å². The maximum Gasteiger partial charge on any atom is 0.237 e. The van der Waals surface area contributed by atoms with Gasteiger partial charge in [-0.2, -0.15) is 0 Å². The number of rotatable bonds is 10. The van der Waals surface area contributed by atoms with Gasteiger partial charge in [-0.3, -0.25) is 25.3 Å². The van der Waals surface area contributed by atoms with E-state index in [9.17, 15) is 14.0 Å². The highest BCUT2D eigenvalue weighted by Gasteiger charge is 2.33. The molecule has 10 nitrogen and oxygen atoms in total. The number of hydrogen-bond acceptors (Lipinski definition) is 6. The normalized spacial score (nSPS) is 16.6. The first kappa shape index (κ1) is 33.2. The predicted octanol–water partition coefficient (Wildman–Crippen LogP) is 4.39. The summed E-state index contributed by atoms with van der Waals surface area (Å²) < 4.78 is 13.4. The molecule has 47 heavy (non-hydrogen) atoms. The number of amidine groups is 1. The first-order chi connectivity index (χ1) is 22.7. The summed E-state index contributed by atoms with van der Waals surface area (Å²) in [6, 6.07) is 18.7. The fourth-order valence-corrected chi connectivity index (χ4v) is 6.06. The molecular weight excluding hydrogens is 595 g/mol. The van der Waals surface area contributed by atoms with Gasteiger partial charge in [0.1, 0.15) is 5.82 Å². The lowest BCUT2D eigenvalue weighted by Crippen LogP contribution is -2.42. The number of nitrogens with zero attached hydrogens (tertiary/aromatic N) is 4. The van der Waals surface area contributed by atoms with Gasteiger partial charge in [-0.15, -0.1) is 0 Å². The van der Waals surface area contributed by atoms with Crippen LogP contribution in [0.15, 0.2) is 77.8 Å². The first-order valence-corrected chi connectivity index (χ1v) is 15.8. The predicted molar refractivity (Wildman–Crippen MR) is 186 cm³/mol. The van der Waals surface area contributed by atoms with Crippen molar-refractivity contribution in [1.29, 1.82) is 10.8 Å². The molecule has 5 rings (SSSR count). The summed E-state index contributed by atoms with van der Waals surface area (Å²) in [6.07, 6.45) is 4.98. The molecule has 0 unspecified atom stereocenters. The molecule has 244 valence electrons. The summed E-state index contributed by atoms with van der Waals surface area (Å²) in [5.74, 6) is -0.412. The summed E-state index contributed by atoms with van der Waals surface area (Å²) in [6.45, 7) is 4.95. The van der Waals surface area contributed by atoms with Crippen LogP contribution in [-0.4, -0.2) is 85.8 Å². The molecule has 2 aliphatic rings. The van der Waals surface area contributed by atoms with Crippen molar-refractivity contribution < 1.29 is 14.0 Å². The van der Waals surface area contributed by atoms with Crippen LogP contribution in [-0.2, 0) is 9.59 Å². The van der Waals surface area contributed by atoms with Crippen molar-refractivity contribution in [3.05, 3.63) is 101 Å². The second-order valence-electron chi connectivity index (χ2n) is 11.7. The molecule has 0 bridgehead atoms. The van der Waals surface area contributed by atoms with E-state index < -0.39 is 0 Å². The Balaban J connectivity index is 1.16. The van der Waals surface area contributed by atoms with E-state index in [1.807, 2.05) is 36.1 Å². The maximum atomic E-state index is 13.7. The highest BCUT2D eigenvalue weighted by atomic mass is 19.1. The molecule has 0 spiro atoms. The fraction of sp³-hybridized carbons (Fsp3) is 0.306. The highest BCUT2D eigenvalue weighted by Crippen LogP contribution is 2.28. The monoisotopic (exact) mass is 636 g/mol. The molecule has 0 aliphatic carbocycles. The quantitative estimate of drug-likeness (QED) is 0.148. The van der Waals surface area contributed by atoms with Gasteiger partial charge in [0, 0.05) is 61.3 Å². The molecule has 0 aromatic heterocycles. The average molecular weight is 637 g/mol. The van der Waals surface area contributed by atoms with Crippen molar-refractivity contribution in [3.8, 4) is 0 Å². The Labute approximate surface area is 274 Å². The van der Waals surface area contributed by atoms with Gasteiger partial charge in [-0.1, -0.05) is 30.3 Å². The molecular formula is C36H41FN8O2. The minimum absolute atomic E-state index is 0.0213. The molecule has 0 radical (unpaired) electrons. The average Bonchev–Trinajstić information content (AvgIpc) is 3.56. The first-order valence-electron chi connectivity index (χ1n) is 15.8. The summed E-state index contributed by atoms with van der Waals surface area (Å²) in [5.41, 5.74) is 11.4. The lowest BCUT2D eigenvalue weighted by Gasteiger charge is -2.29. The van der Waals surface area contributed by atoms with Gasteiger partial charge in [0.25, 0.3) is 0 Å². The fourth-order valence-electron chi connectivity index (χ4n) is 6.06. The zero-order valence-corrected chi connectivity index (χ0v) is 26.8. The second kappa shape index (κ2) is 15.0. The number of halogens is 1. The van der Waals surface area contributed by atoms with Crippen LogP contribution in [0.25, 0.3) is 5.57 Å². The van der Waals surface area contributed by atoms with Crippen molar-refractivity contribution in [3.63, 3.8) is 0 Å². The molecule has 3 aromatic rings. The van der Waals surface area contributed by atoms with E-state index in [2.05, 4.69) is 21.3 Å². The number of amides is 2. The van der Waals surface area contributed by atoms with Crippen LogP contribution in [0.2, 0.25) is 0 Å². The Hall–Kier alpha value is -5.16. The minimum atomic E-state index is -0.381. The van der Waals surface area contributed by atoms with E-state index in [4.69, 9.17) is 16.6 Å². The number of hydrogen-bond donors (Lipinski definition) is 4. The van der Waals surface area contributed by atoms with Gasteiger partial charge in [-0.25, -0.2) is 9.38 Å². The van der Waals surface area contributed by atoms with Crippen LogP contribution in [0.5, 0.6) is 0 Å². The van der Waals surface area contributed by atoms with Gasteiger partial charge in [-0.05, 0) is 79.9 Å². The molecule has 2 aliphatic heterocycles. The molecule has 3 aromatic carbocycles. The molecule has 2 amide bonds. The Morgan fingerprint density at radius 2 is 1.79 bits per heavy atom. The zero-order chi connectivity index (χ0) is 33.5. The largest absolute Gasteiger partial charge is 0.398 e. The summed E-state index contributed by atoms with van der Waals surface area (Å²) >= 11 is 0. The number of nitrogens with two attached hydrogens (primary N) is 1. The van der Waals surface area contributed by atoms with E-state index in [1.54, 1.807) is 30.1 Å². The molecule has 5 N–H and O–H groups in total. The van der Waals surface area contributed by atoms with Crippen molar-refractivity contribution in [2.75, 3.05) is 56.9 Å². The van der Waals surface area contributed by atoms with Gasteiger partial charge in [0.15, 0.2) is 5.84 Å². The van der Waals surface area contributed by atoms with Crippen LogP contribution < -0.4 is 16.0 Å². The molecule has 1 atom stereocenters. The van der Waals surface area contributed by atoms with E-state index in [1.165, 1.54) is 36.2 Å². The van der Waals surface area contributed by atoms with Crippen molar-refractivity contribution in [2.24, 2.45) is 10.9 Å². The number of likely N-dealkylation sites (tertiary alicyclic amines) is 1. The number of anilines is 2. The summed E-state index contributed by atoms with van der Waals surface area (Å²) in [5, 5.41) is 19.5. The standard InChI is InChI=1S/C36H41FN8O2/c1-3-45(30-12-13-32(38)31(20-30)34(39)26-8-10-29(37)11-9-26)36(47)28-14-17-43(21-28)22-33(46)44-18-15-25(16-19-44)24-4-6-27(7-5-24)35(40)42-23-41-2/h4-13,15,20,23,28,39H,3,14,16-19,21-22,38H2,1-2H3,(H2,40,41,42)/t28-/m1/s1. The van der Waals surface area contributed by atoms with Gasteiger partial charge < -0.3 is 20.9 Å². The maximum absolute atomic E-state index is 13.7. The number of nitrogens with one attached hydrogen (secondary N) is 3.